The molecule has 166 valence electrons. The molecule has 2 aromatic rings. The topological polar surface area (TPSA) is 85.9 Å². The minimum absolute atomic E-state index is 0.189. The highest BCUT2D eigenvalue weighted by molar-refractivity contribution is 5.97. The highest BCUT2D eigenvalue weighted by atomic mass is 16.5. The fraction of sp³-hybridized carbons (Fsp3) is 0.333. The van der Waals surface area contributed by atoms with Gasteiger partial charge in [0, 0.05) is 31.0 Å². The molecule has 0 aromatic heterocycles. The Balaban J connectivity index is 1.88. The van der Waals surface area contributed by atoms with Crippen LogP contribution in [0.1, 0.15) is 29.3 Å². The van der Waals surface area contributed by atoms with Crippen LogP contribution in [0.25, 0.3) is 0 Å². The van der Waals surface area contributed by atoms with Gasteiger partial charge in [-0.1, -0.05) is 18.2 Å². The van der Waals surface area contributed by atoms with Gasteiger partial charge in [-0.05, 0) is 55.7 Å². The van der Waals surface area contributed by atoms with E-state index in [0.717, 1.165) is 12.0 Å². The number of allylic oxidation sites excluding steroid dienone is 1. The first-order chi connectivity index (χ1) is 15.1. The molecule has 0 saturated carbocycles. The molecular formula is C24H30N2O5. The lowest BCUT2D eigenvalue weighted by molar-refractivity contribution is -0.118. The maximum absolute atomic E-state index is 12.3. The number of nitrogens with one attached hydrogen (secondary N) is 2. The molecule has 7 heteroatoms. The van der Waals surface area contributed by atoms with Crippen molar-refractivity contribution in [3.8, 4) is 11.5 Å². The minimum atomic E-state index is -0.341. The van der Waals surface area contributed by atoms with Crippen molar-refractivity contribution in [2.75, 3.05) is 38.8 Å². The molecule has 0 atom stereocenters. The zero-order valence-electron chi connectivity index (χ0n) is 18.1. The zero-order chi connectivity index (χ0) is 22.5. The lowest BCUT2D eigenvalue weighted by Crippen LogP contribution is -2.25. The molecule has 0 aliphatic carbocycles. The van der Waals surface area contributed by atoms with Crippen LogP contribution >= 0.6 is 0 Å². The van der Waals surface area contributed by atoms with Crippen molar-refractivity contribution in [2.24, 2.45) is 0 Å². The molecule has 0 heterocycles. The standard InChI is InChI=1S/C24H30N2O5/c1-4-8-18-11-12-21(22(15-18)29-3)31-17-23(27)26-20-10-6-9-19(16-20)24(28)25-13-7-14-30-5-2/h4,6,9-12,15-16H,1,5,7-8,13-14,17H2,2-3H3,(H,25,28)(H,26,27). The fourth-order valence-electron chi connectivity index (χ4n) is 2.83. The van der Waals surface area contributed by atoms with Gasteiger partial charge in [0.1, 0.15) is 0 Å². The van der Waals surface area contributed by atoms with Gasteiger partial charge < -0.3 is 24.8 Å². The van der Waals surface area contributed by atoms with Crippen LogP contribution in [0.5, 0.6) is 11.5 Å². The molecule has 0 aliphatic heterocycles. The first kappa shape index (κ1) is 24.0. The monoisotopic (exact) mass is 426 g/mol. The fourth-order valence-corrected chi connectivity index (χ4v) is 2.83. The molecule has 0 fully saturated rings. The van der Waals surface area contributed by atoms with Crippen LogP contribution in [0.15, 0.2) is 55.1 Å². The summed E-state index contributed by atoms with van der Waals surface area (Å²) in [6, 6.07) is 12.3. The number of hydrogen-bond donors (Lipinski definition) is 2. The zero-order valence-corrected chi connectivity index (χ0v) is 18.1. The summed E-state index contributed by atoms with van der Waals surface area (Å²) in [4.78, 5) is 24.6. The molecule has 2 rings (SSSR count). The number of ether oxygens (including phenoxy) is 3. The van der Waals surface area contributed by atoms with Gasteiger partial charge in [-0.2, -0.15) is 0 Å². The Morgan fingerprint density at radius 2 is 1.97 bits per heavy atom. The Kier molecular flexibility index (Phi) is 10.1. The number of amides is 2. The summed E-state index contributed by atoms with van der Waals surface area (Å²) < 4.78 is 16.2. The van der Waals surface area contributed by atoms with Gasteiger partial charge >= 0.3 is 0 Å². The lowest BCUT2D eigenvalue weighted by Gasteiger charge is -2.12. The van der Waals surface area contributed by atoms with Crippen LogP contribution in [-0.4, -0.2) is 45.3 Å². The predicted molar refractivity (Wildman–Crippen MR) is 121 cm³/mol. The first-order valence-electron chi connectivity index (χ1n) is 10.2. The maximum Gasteiger partial charge on any atom is 0.262 e. The van der Waals surface area contributed by atoms with E-state index < -0.39 is 0 Å². The van der Waals surface area contributed by atoms with Crippen molar-refractivity contribution >= 4 is 17.5 Å². The molecule has 0 unspecified atom stereocenters. The van der Waals surface area contributed by atoms with Crippen molar-refractivity contribution < 1.29 is 23.8 Å². The van der Waals surface area contributed by atoms with E-state index in [4.69, 9.17) is 14.2 Å². The first-order valence-corrected chi connectivity index (χ1v) is 10.2. The molecule has 0 bridgehead atoms. The van der Waals surface area contributed by atoms with Gasteiger partial charge in [0.15, 0.2) is 18.1 Å². The van der Waals surface area contributed by atoms with E-state index in [1.54, 1.807) is 43.5 Å². The van der Waals surface area contributed by atoms with Crippen molar-refractivity contribution in [3.05, 3.63) is 66.2 Å². The molecule has 0 radical (unpaired) electrons. The second-order valence-corrected chi connectivity index (χ2v) is 6.70. The summed E-state index contributed by atoms with van der Waals surface area (Å²) in [5.74, 6) is 0.487. The third-order valence-corrected chi connectivity index (χ3v) is 4.33. The molecule has 0 saturated heterocycles. The van der Waals surface area contributed by atoms with Crippen molar-refractivity contribution in [1.29, 1.82) is 0 Å². The number of rotatable bonds is 13. The van der Waals surface area contributed by atoms with Gasteiger partial charge in [0.25, 0.3) is 11.8 Å². The Morgan fingerprint density at radius 3 is 2.71 bits per heavy atom. The van der Waals surface area contributed by atoms with E-state index >= 15 is 0 Å². The number of carbonyl (C=O) groups excluding carboxylic acids is 2. The second-order valence-electron chi connectivity index (χ2n) is 6.70. The Hall–Kier alpha value is -3.32. The summed E-state index contributed by atoms with van der Waals surface area (Å²) in [5.41, 5.74) is 2.02. The molecule has 0 aliphatic rings. The summed E-state index contributed by atoms with van der Waals surface area (Å²) >= 11 is 0. The Morgan fingerprint density at radius 1 is 1.13 bits per heavy atom. The average Bonchev–Trinajstić information content (AvgIpc) is 2.78. The van der Waals surface area contributed by atoms with Crippen LogP contribution < -0.4 is 20.1 Å². The molecular weight excluding hydrogens is 396 g/mol. The van der Waals surface area contributed by atoms with Crippen LogP contribution in [0.3, 0.4) is 0 Å². The predicted octanol–water partition coefficient (Wildman–Crippen LogP) is 3.60. The van der Waals surface area contributed by atoms with Crippen molar-refractivity contribution in [2.45, 2.75) is 19.8 Å². The van der Waals surface area contributed by atoms with E-state index in [2.05, 4.69) is 17.2 Å². The van der Waals surface area contributed by atoms with Crippen LogP contribution in [-0.2, 0) is 16.0 Å². The van der Waals surface area contributed by atoms with Gasteiger partial charge in [-0.25, -0.2) is 0 Å². The molecule has 0 spiro atoms. The highest BCUT2D eigenvalue weighted by Gasteiger charge is 2.10. The molecule has 31 heavy (non-hydrogen) atoms. The summed E-state index contributed by atoms with van der Waals surface area (Å²) in [6.45, 7) is 7.25. The molecule has 2 aromatic carbocycles. The SMILES string of the molecule is C=CCc1ccc(OCC(=O)Nc2cccc(C(=O)NCCCOCC)c2)c(OC)c1. The van der Waals surface area contributed by atoms with E-state index in [0.29, 0.717) is 48.9 Å². The number of methoxy groups -OCH3 is 1. The van der Waals surface area contributed by atoms with Crippen LogP contribution in [0.4, 0.5) is 5.69 Å². The second kappa shape index (κ2) is 13.1. The summed E-state index contributed by atoms with van der Waals surface area (Å²) in [6.07, 6.45) is 3.26. The molecule has 2 N–H and O–H groups in total. The maximum atomic E-state index is 12.3. The smallest absolute Gasteiger partial charge is 0.262 e. The number of benzene rings is 2. The Labute approximate surface area is 183 Å². The normalized spacial score (nSPS) is 10.3. The van der Waals surface area contributed by atoms with E-state index in [1.165, 1.54) is 0 Å². The van der Waals surface area contributed by atoms with E-state index in [1.807, 2.05) is 19.1 Å². The van der Waals surface area contributed by atoms with E-state index in [9.17, 15) is 9.59 Å². The van der Waals surface area contributed by atoms with Crippen molar-refractivity contribution in [1.82, 2.24) is 5.32 Å². The largest absolute Gasteiger partial charge is 0.493 e. The lowest BCUT2D eigenvalue weighted by atomic mass is 10.1. The van der Waals surface area contributed by atoms with Gasteiger partial charge in [0.05, 0.1) is 7.11 Å². The third kappa shape index (κ3) is 8.14. The third-order valence-electron chi connectivity index (χ3n) is 4.33. The van der Waals surface area contributed by atoms with Gasteiger partial charge in [0.2, 0.25) is 0 Å². The summed E-state index contributed by atoms with van der Waals surface area (Å²) in [7, 11) is 1.55. The number of anilines is 1. The summed E-state index contributed by atoms with van der Waals surface area (Å²) in [5, 5.41) is 5.58. The highest BCUT2D eigenvalue weighted by Crippen LogP contribution is 2.28. The number of carbonyl (C=O) groups is 2. The van der Waals surface area contributed by atoms with Crippen LogP contribution in [0.2, 0.25) is 0 Å². The van der Waals surface area contributed by atoms with Crippen molar-refractivity contribution in [3.63, 3.8) is 0 Å². The van der Waals surface area contributed by atoms with Crippen LogP contribution in [0, 0.1) is 0 Å². The quantitative estimate of drug-likeness (QED) is 0.378. The van der Waals surface area contributed by atoms with Gasteiger partial charge in [-0.15, -0.1) is 6.58 Å². The molecule has 2 amide bonds. The molecule has 7 nitrogen and oxygen atoms in total. The number of hydrogen-bond acceptors (Lipinski definition) is 5. The van der Waals surface area contributed by atoms with Gasteiger partial charge in [-0.3, -0.25) is 9.59 Å². The van der Waals surface area contributed by atoms with E-state index in [-0.39, 0.29) is 18.4 Å². The average molecular weight is 427 g/mol. The Bertz CT molecular complexity index is 882. The minimum Gasteiger partial charge on any atom is -0.493 e.